The molecule has 0 fully saturated rings. The molecule has 1 N–H and O–H groups in total. The van der Waals surface area contributed by atoms with Crippen molar-refractivity contribution < 1.29 is 4.74 Å². The lowest BCUT2D eigenvalue weighted by Gasteiger charge is -2.18. The van der Waals surface area contributed by atoms with E-state index in [4.69, 9.17) is 16.3 Å². The van der Waals surface area contributed by atoms with E-state index in [-0.39, 0.29) is 0 Å². The number of hydrogen-bond donors (Lipinski definition) is 1. The van der Waals surface area contributed by atoms with Crippen molar-refractivity contribution in [3.63, 3.8) is 0 Å². The highest BCUT2D eigenvalue weighted by atomic mass is 35.5. The molecular weight excluding hydrogens is 304 g/mol. The van der Waals surface area contributed by atoms with E-state index in [9.17, 15) is 0 Å². The number of nitrogens with zero attached hydrogens (tertiary/aromatic N) is 1. The summed E-state index contributed by atoms with van der Waals surface area (Å²) in [5.41, 5.74) is 2.22. The first-order valence-electron chi connectivity index (χ1n) is 7.09. The summed E-state index contributed by atoms with van der Waals surface area (Å²) in [6.07, 6.45) is 1.79. The summed E-state index contributed by atoms with van der Waals surface area (Å²) in [6, 6.07) is 6.09. The third kappa shape index (κ3) is 4.70. The van der Waals surface area contributed by atoms with Crippen LogP contribution in [0.15, 0.2) is 23.6 Å². The van der Waals surface area contributed by atoms with Crippen LogP contribution in [0.4, 0.5) is 0 Å². The topological polar surface area (TPSA) is 34.2 Å². The number of hydrogen-bond acceptors (Lipinski definition) is 4. The summed E-state index contributed by atoms with van der Waals surface area (Å²) in [7, 11) is 1.69. The van der Waals surface area contributed by atoms with Gasteiger partial charge in [0.15, 0.2) is 0 Å². The quantitative estimate of drug-likeness (QED) is 0.839. The molecule has 0 amide bonds. The van der Waals surface area contributed by atoms with Crippen molar-refractivity contribution in [2.45, 2.75) is 32.7 Å². The Hall–Kier alpha value is -1.10. The highest BCUT2D eigenvalue weighted by Gasteiger charge is 2.14. The summed E-state index contributed by atoms with van der Waals surface area (Å²) in [5.74, 6) is 0.887. The Kier molecular flexibility index (Phi) is 6.03. The van der Waals surface area contributed by atoms with Gasteiger partial charge in [0.05, 0.1) is 12.1 Å². The molecule has 0 aliphatic rings. The van der Waals surface area contributed by atoms with Crippen molar-refractivity contribution in [2.75, 3.05) is 13.7 Å². The number of likely N-dealkylation sites (N-methyl/N-ethyl adjacent to an activating group) is 1. The fourth-order valence-corrected chi connectivity index (χ4v) is 3.43. The van der Waals surface area contributed by atoms with Crippen LogP contribution in [0.2, 0.25) is 5.02 Å². The molecule has 1 aromatic heterocycles. The van der Waals surface area contributed by atoms with Gasteiger partial charge >= 0.3 is 0 Å². The molecule has 0 aliphatic carbocycles. The Morgan fingerprint density at radius 2 is 2.19 bits per heavy atom. The van der Waals surface area contributed by atoms with Gasteiger partial charge < -0.3 is 10.1 Å². The third-order valence-corrected chi connectivity index (χ3v) is 4.51. The molecule has 1 aromatic carbocycles. The number of ether oxygens (including phenoxy) is 1. The number of thiazole rings is 1. The van der Waals surface area contributed by atoms with Crippen molar-refractivity contribution in [1.82, 2.24) is 10.3 Å². The smallest absolute Gasteiger partial charge is 0.122 e. The van der Waals surface area contributed by atoms with Gasteiger partial charge in [0, 0.05) is 28.6 Å². The number of nitrogens with one attached hydrogen (secondary N) is 1. The minimum absolute atomic E-state index is 0.327. The lowest BCUT2D eigenvalue weighted by molar-refractivity contribution is 0.404. The molecule has 2 aromatic rings. The van der Waals surface area contributed by atoms with Gasteiger partial charge in [-0.1, -0.05) is 18.5 Å². The summed E-state index contributed by atoms with van der Waals surface area (Å²) < 4.78 is 5.43. The minimum Gasteiger partial charge on any atom is -0.496 e. The zero-order valence-corrected chi connectivity index (χ0v) is 14.2. The molecule has 1 heterocycles. The fraction of sp³-hybridized carbons (Fsp3) is 0.438. The van der Waals surface area contributed by atoms with Gasteiger partial charge in [-0.25, -0.2) is 4.98 Å². The normalized spacial score (nSPS) is 12.4. The Morgan fingerprint density at radius 3 is 2.81 bits per heavy atom. The van der Waals surface area contributed by atoms with E-state index in [1.54, 1.807) is 18.4 Å². The van der Waals surface area contributed by atoms with Gasteiger partial charge in [0.25, 0.3) is 0 Å². The molecule has 1 atom stereocenters. The largest absolute Gasteiger partial charge is 0.496 e. The molecule has 2 rings (SSSR count). The van der Waals surface area contributed by atoms with Gasteiger partial charge in [0.2, 0.25) is 0 Å². The van der Waals surface area contributed by atoms with E-state index in [2.05, 4.69) is 22.6 Å². The zero-order chi connectivity index (χ0) is 15.2. The van der Waals surface area contributed by atoms with Crippen LogP contribution in [0.3, 0.4) is 0 Å². The van der Waals surface area contributed by atoms with Crippen LogP contribution in [0, 0.1) is 6.92 Å². The Labute approximate surface area is 135 Å². The molecule has 0 radical (unpaired) electrons. The predicted molar refractivity (Wildman–Crippen MR) is 89.7 cm³/mol. The van der Waals surface area contributed by atoms with Crippen LogP contribution in [0.5, 0.6) is 5.75 Å². The number of rotatable bonds is 7. The molecule has 1 unspecified atom stereocenters. The monoisotopic (exact) mass is 324 g/mol. The molecule has 0 bridgehead atoms. The van der Waals surface area contributed by atoms with Gasteiger partial charge in [0.1, 0.15) is 5.75 Å². The first kappa shape index (κ1) is 16.3. The van der Waals surface area contributed by atoms with Gasteiger partial charge in [-0.3, -0.25) is 0 Å². The maximum absolute atomic E-state index is 6.11. The van der Waals surface area contributed by atoms with E-state index >= 15 is 0 Å². The summed E-state index contributed by atoms with van der Waals surface area (Å²) in [5, 5.41) is 7.53. The second kappa shape index (κ2) is 7.78. The third-order valence-electron chi connectivity index (χ3n) is 3.29. The lowest BCUT2D eigenvalue weighted by atomic mass is 10.0. The highest BCUT2D eigenvalue weighted by molar-refractivity contribution is 7.09. The molecule has 0 aliphatic heterocycles. The van der Waals surface area contributed by atoms with Gasteiger partial charge in [-0.15, -0.1) is 11.3 Å². The molecule has 3 nitrogen and oxygen atoms in total. The van der Waals surface area contributed by atoms with Gasteiger partial charge in [-0.05, 0) is 43.7 Å². The van der Waals surface area contributed by atoms with Gasteiger partial charge in [-0.2, -0.15) is 0 Å². The van der Waals surface area contributed by atoms with Crippen molar-refractivity contribution in [1.29, 1.82) is 0 Å². The Morgan fingerprint density at radius 1 is 1.38 bits per heavy atom. The second-order valence-electron chi connectivity index (χ2n) is 5.00. The van der Waals surface area contributed by atoms with E-state index in [1.165, 1.54) is 5.01 Å². The zero-order valence-electron chi connectivity index (χ0n) is 12.6. The number of halogens is 1. The second-order valence-corrected chi connectivity index (χ2v) is 6.38. The maximum Gasteiger partial charge on any atom is 0.122 e. The van der Waals surface area contributed by atoms with Crippen LogP contribution in [-0.4, -0.2) is 24.7 Å². The first-order valence-corrected chi connectivity index (χ1v) is 8.35. The van der Waals surface area contributed by atoms with Crippen LogP contribution >= 0.6 is 22.9 Å². The fourth-order valence-electron chi connectivity index (χ4n) is 2.38. The SMILES string of the molecule is CCNC(Cc1nc(C)cs1)Cc1cc(Cl)ccc1OC. The van der Waals surface area contributed by atoms with Crippen molar-refractivity contribution in [3.05, 3.63) is 44.9 Å². The predicted octanol–water partition coefficient (Wildman–Crippen LogP) is 3.88. The average molecular weight is 325 g/mol. The first-order chi connectivity index (χ1) is 10.1. The highest BCUT2D eigenvalue weighted by Crippen LogP contribution is 2.25. The molecule has 5 heteroatoms. The number of methoxy groups -OCH3 is 1. The minimum atomic E-state index is 0.327. The Balaban J connectivity index is 2.13. The molecular formula is C16H21ClN2OS. The van der Waals surface area contributed by atoms with Crippen LogP contribution < -0.4 is 10.1 Å². The number of aryl methyl sites for hydroxylation is 1. The van der Waals surface area contributed by atoms with Crippen molar-refractivity contribution >= 4 is 22.9 Å². The molecule has 0 spiro atoms. The summed E-state index contributed by atoms with van der Waals surface area (Å²) >= 11 is 7.83. The van der Waals surface area contributed by atoms with Crippen LogP contribution in [0.1, 0.15) is 23.2 Å². The van der Waals surface area contributed by atoms with Crippen LogP contribution in [0.25, 0.3) is 0 Å². The average Bonchev–Trinajstić information content (AvgIpc) is 2.84. The summed E-state index contributed by atoms with van der Waals surface area (Å²) in [4.78, 5) is 4.56. The molecule has 21 heavy (non-hydrogen) atoms. The Bertz CT molecular complexity index is 585. The number of benzene rings is 1. The molecule has 114 valence electrons. The summed E-state index contributed by atoms with van der Waals surface area (Å²) in [6.45, 7) is 5.08. The van der Waals surface area contributed by atoms with E-state index in [0.29, 0.717) is 6.04 Å². The van der Waals surface area contributed by atoms with E-state index in [0.717, 1.165) is 41.4 Å². The lowest BCUT2D eigenvalue weighted by Crippen LogP contribution is -2.33. The molecule has 0 saturated carbocycles. The van der Waals surface area contributed by atoms with Crippen molar-refractivity contribution in [3.8, 4) is 5.75 Å². The van der Waals surface area contributed by atoms with E-state index in [1.807, 2.05) is 25.1 Å². The molecule has 0 saturated heterocycles. The maximum atomic E-state index is 6.11. The van der Waals surface area contributed by atoms with Crippen molar-refractivity contribution in [2.24, 2.45) is 0 Å². The standard InChI is InChI=1S/C16H21ClN2OS/c1-4-18-14(9-16-19-11(2)10-21-16)8-12-7-13(17)5-6-15(12)20-3/h5-7,10,14,18H,4,8-9H2,1-3H3. The number of aromatic nitrogens is 1. The van der Waals surface area contributed by atoms with Crippen LogP contribution in [-0.2, 0) is 12.8 Å². The van der Waals surface area contributed by atoms with E-state index < -0.39 is 0 Å².